The Bertz CT molecular complexity index is 1170. The number of rotatable bonds is 7. The molecule has 9 heteroatoms. The Kier molecular flexibility index (Phi) is 7.46. The van der Waals surface area contributed by atoms with Gasteiger partial charge in [-0.05, 0) is 75.5 Å². The molecule has 36 heavy (non-hydrogen) atoms. The first-order valence-electron chi connectivity index (χ1n) is 13.4. The molecule has 2 fully saturated rings. The van der Waals surface area contributed by atoms with E-state index in [0.29, 0.717) is 42.7 Å². The van der Waals surface area contributed by atoms with Crippen LogP contribution in [0.3, 0.4) is 0 Å². The molecule has 9 nitrogen and oxygen atoms in total. The number of hydrogen-bond acceptors (Lipinski definition) is 7. The third-order valence-electron chi connectivity index (χ3n) is 7.77. The highest BCUT2D eigenvalue weighted by molar-refractivity contribution is 5.92. The third-order valence-corrected chi connectivity index (χ3v) is 7.77. The summed E-state index contributed by atoms with van der Waals surface area (Å²) in [6.07, 6.45) is 13.2. The normalized spacial score (nSPS) is 22.0. The first-order chi connectivity index (χ1) is 17.5. The topological polar surface area (TPSA) is 109 Å². The molecule has 0 unspecified atom stereocenters. The monoisotopic (exact) mass is 491 g/mol. The molecule has 4 heterocycles. The summed E-state index contributed by atoms with van der Waals surface area (Å²) in [5.74, 6) is 0.967. The Morgan fingerprint density at radius 3 is 2.67 bits per heavy atom. The number of anilines is 1. The molecule has 5 rings (SSSR count). The first kappa shape index (κ1) is 24.6. The predicted molar refractivity (Wildman–Crippen MR) is 139 cm³/mol. The summed E-state index contributed by atoms with van der Waals surface area (Å²) in [5.41, 5.74) is 2.65. The van der Waals surface area contributed by atoms with E-state index in [2.05, 4.69) is 45.1 Å². The highest BCUT2D eigenvalue weighted by Crippen LogP contribution is 2.38. The number of nitrogens with one attached hydrogen (secondary N) is 1. The molecule has 192 valence electrons. The van der Waals surface area contributed by atoms with Crippen LogP contribution in [0, 0.1) is 0 Å². The predicted octanol–water partition coefficient (Wildman–Crippen LogP) is 4.32. The van der Waals surface area contributed by atoms with Crippen LogP contribution in [-0.2, 0) is 0 Å². The van der Waals surface area contributed by atoms with Gasteiger partial charge in [0.2, 0.25) is 5.95 Å². The van der Waals surface area contributed by atoms with E-state index in [1.54, 1.807) is 18.3 Å². The highest BCUT2D eigenvalue weighted by atomic mass is 16.3. The van der Waals surface area contributed by atoms with Gasteiger partial charge in [0.25, 0.3) is 5.91 Å². The maximum atomic E-state index is 12.8. The van der Waals surface area contributed by atoms with Crippen LogP contribution >= 0.6 is 0 Å². The molecule has 1 saturated carbocycles. The number of aliphatic hydroxyl groups is 1. The zero-order chi connectivity index (χ0) is 25.1. The lowest BCUT2D eigenvalue weighted by Gasteiger charge is -2.31. The molecule has 2 aliphatic rings. The molecular weight excluding hydrogens is 454 g/mol. The lowest BCUT2D eigenvalue weighted by Crippen LogP contribution is -2.38. The number of fused-ring (bicyclic) bond motifs is 1. The Morgan fingerprint density at radius 1 is 1.19 bits per heavy atom. The molecule has 1 amide bonds. The minimum absolute atomic E-state index is 0.0509. The standard InChI is InChI=1S/C27H37N7O2/c1-3-5-18(2)30-27-28-16-22-23(17-34(25(22)31-27)20-7-9-21(35)10-8-20)19-11-14-33(15-12-19)26(36)24-6-4-13-29-32-24/h4,6,13,16-21,35H,3,5,7-12,14-15H2,1-2H3,(H,28,30,31)/t18-,20-,21-/m0/s1. The second kappa shape index (κ2) is 10.9. The molecule has 1 aliphatic carbocycles. The van der Waals surface area contributed by atoms with Gasteiger partial charge in [-0.3, -0.25) is 4.79 Å². The lowest BCUT2D eigenvalue weighted by molar-refractivity contribution is 0.0706. The van der Waals surface area contributed by atoms with Crippen molar-refractivity contribution in [1.29, 1.82) is 0 Å². The van der Waals surface area contributed by atoms with Crippen LogP contribution in [-0.4, -0.2) is 65.9 Å². The Labute approximate surface area is 212 Å². The molecule has 0 spiro atoms. The Morgan fingerprint density at radius 2 is 1.97 bits per heavy atom. The number of nitrogens with zero attached hydrogens (tertiary/aromatic N) is 6. The average Bonchev–Trinajstić information content (AvgIpc) is 3.28. The molecule has 3 aromatic rings. The Hall–Kier alpha value is -3.07. The van der Waals surface area contributed by atoms with Crippen LogP contribution < -0.4 is 5.32 Å². The van der Waals surface area contributed by atoms with Crippen LogP contribution in [0.5, 0.6) is 0 Å². The van der Waals surface area contributed by atoms with Gasteiger partial charge in [-0.2, -0.15) is 10.1 Å². The van der Waals surface area contributed by atoms with Gasteiger partial charge < -0.3 is 19.9 Å². The second-order valence-electron chi connectivity index (χ2n) is 10.4. The van der Waals surface area contributed by atoms with Crippen molar-refractivity contribution in [3.8, 4) is 0 Å². The van der Waals surface area contributed by atoms with Gasteiger partial charge in [-0.15, -0.1) is 5.10 Å². The van der Waals surface area contributed by atoms with Gasteiger partial charge in [0, 0.05) is 49.1 Å². The lowest BCUT2D eigenvalue weighted by atomic mass is 9.89. The smallest absolute Gasteiger partial charge is 0.274 e. The van der Waals surface area contributed by atoms with Gasteiger partial charge in [-0.1, -0.05) is 13.3 Å². The minimum atomic E-state index is -0.194. The number of hydrogen-bond donors (Lipinski definition) is 2. The highest BCUT2D eigenvalue weighted by Gasteiger charge is 2.30. The molecule has 3 aromatic heterocycles. The zero-order valence-electron chi connectivity index (χ0n) is 21.3. The molecule has 1 saturated heterocycles. The summed E-state index contributed by atoms with van der Waals surface area (Å²) in [6.45, 7) is 5.73. The second-order valence-corrected chi connectivity index (χ2v) is 10.4. The summed E-state index contributed by atoms with van der Waals surface area (Å²) >= 11 is 0. The number of aromatic nitrogens is 5. The van der Waals surface area contributed by atoms with Crippen molar-refractivity contribution in [2.75, 3.05) is 18.4 Å². The largest absolute Gasteiger partial charge is 0.393 e. The SMILES string of the molecule is CCC[C@H](C)Nc1ncc2c(C3CCN(C(=O)c4cccnn4)CC3)cn([C@H]3CC[C@H](O)CC3)c2n1. The van der Waals surface area contributed by atoms with Crippen LogP contribution in [0.4, 0.5) is 5.95 Å². The summed E-state index contributed by atoms with van der Waals surface area (Å²) < 4.78 is 2.34. The van der Waals surface area contributed by atoms with Gasteiger partial charge in [0.1, 0.15) is 5.65 Å². The van der Waals surface area contributed by atoms with E-state index in [0.717, 1.165) is 62.4 Å². The number of amides is 1. The number of piperidine rings is 1. The molecule has 0 bridgehead atoms. The molecule has 1 aliphatic heterocycles. The number of carbonyl (C=O) groups excluding carboxylic acids is 1. The number of likely N-dealkylation sites (tertiary alicyclic amines) is 1. The fraction of sp³-hybridized carbons (Fsp3) is 0.593. The first-order valence-corrected chi connectivity index (χ1v) is 13.4. The van der Waals surface area contributed by atoms with E-state index in [-0.39, 0.29) is 12.0 Å². The van der Waals surface area contributed by atoms with E-state index in [9.17, 15) is 9.90 Å². The van der Waals surface area contributed by atoms with Crippen molar-refractivity contribution in [1.82, 2.24) is 29.6 Å². The summed E-state index contributed by atoms with van der Waals surface area (Å²) in [5, 5.41) is 22.5. The van der Waals surface area contributed by atoms with Crippen LogP contribution in [0.2, 0.25) is 0 Å². The molecule has 2 N–H and O–H groups in total. The van der Waals surface area contributed by atoms with Crippen molar-refractivity contribution in [2.45, 2.75) is 89.3 Å². The molecule has 0 aromatic carbocycles. The van der Waals surface area contributed by atoms with Crippen molar-refractivity contribution in [2.24, 2.45) is 0 Å². The fourth-order valence-corrected chi connectivity index (χ4v) is 5.76. The maximum Gasteiger partial charge on any atom is 0.274 e. The van der Waals surface area contributed by atoms with Crippen molar-refractivity contribution in [3.05, 3.63) is 42.0 Å². The quantitative estimate of drug-likeness (QED) is 0.507. The van der Waals surface area contributed by atoms with Crippen LogP contribution in [0.1, 0.15) is 93.2 Å². The Balaban J connectivity index is 1.39. The number of carbonyl (C=O) groups is 1. The van der Waals surface area contributed by atoms with Gasteiger partial charge in [-0.25, -0.2) is 4.98 Å². The summed E-state index contributed by atoms with van der Waals surface area (Å²) in [7, 11) is 0. The van der Waals surface area contributed by atoms with Crippen LogP contribution in [0.25, 0.3) is 11.0 Å². The average molecular weight is 492 g/mol. The van der Waals surface area contributed by atoms with E-state index in [4.69, 9.17) is 4.98 Å². The van der Waals surface area contributed by atoms with Gasteiger partial charge in [0.05, 0.1) is 6.10 Å². The van der Waals surface area contributed by atoms with Gasteiger partial charge >= 0.3 is 0 Å². The van der Waals surface area contributed by atoms with Gasteiger partial charge in [0.15, 0.2) is 5.69 Å². The van der Waals surface area contributed by atoms with Crippen molar-refractivity contribution in [3.63, 3.8) is 0 Å². The van der Waals surface area contributed by atoms with Crippen LogP contribution in [0.15, 0.2) is 30.7 Å². The molecular formula is C27H37N7O2. The van der Waals surface area contributed by atoms with E-state index in [1.165, 1.54) is 5.56 Å². The van der Waals surface area contributed by atoms with Crippen molar-refractivity contribution < 1.29 is 9.90 Å². The van der Waals surface area contributed by atoms with E-state index in [1.807, 2.05) is 11.1 Å². The fourth-order valence-electron chi connectivity index (χ4n) is 5.76. The minimum Gasteiger partial charge on any atom is -0.393 e. The maximum absolute atomic E-state index is 12.8. The van der Waals surface area contributed by atoms with E-state index < -0.39 is 0 Å². The summed E-state index contributed by atoms with van der Waals surface area (Å²) in [6, 6.07) is 4.12. The number of aliphatic hydroxyl groups excluding tert-OH is 1. The molecule has 1 atom stereocenters. The zero-order valence-corrected chi connectivity index (χ0v) is 21.3. The molecule has 0 radical (unpaired) electrons. The van der Waals surface area contributed by atoms with E-state index >= 15 is 0 Å². The van der Waals surface area contributed by atoms with Crippen molar-refractivity contribution >= 4 is 22.9 Å². The summed E-state index contributed by atoms with van der Waals surface area (Å²) in [4.78, 5) is 24.4. The third kappa shape index (κ3) is 5.21.